The summed E-state index contributed by atoms with van der Waals surface area (Å²) in [6.07, 6.45) is -6.15. The molecule has 1 amide bonds. The summed E-state index contributed by atoms with van der Waals surface area (Å²) < 4.78 is 65.3. The number of hydrogen-bond donors (Lipinski definition) is 3. The molecule has 0 aliphatic carbocycles. The largest absolute Gasteiger partial charge is 0.416 e. The van der Waals surface area contributed by atoms with Crippen molar-refractivity contribution in [1.82, 2.24) is 4.72 Å². The number of sulfonamides is 1. The van der Waals surface area contributed by atoms with E-state index in [1.165, 1.54) is 6.07 Å². The normalized spacial score (nSPS) is 18.3. The Morgan fingerprint density at radius 2 is 1.89 bits per heavy atom. The second-order valence-corrected chi connectivity index (χ2v) is 7.95. The standard InChI is InChI=1S/C16H13ClF3N3O3S/c1-8-2-4-10(7-11(8)17)21-15(24)14-22-12-6-9(16(18,19)20)3-5-13(12)27(25,26)23-14/h2-7,14,22-23H,1H3,(H,21,24)/t14-/m1/s1. The molecule has 0 spiro atoms. The van der Waals surface area contributed by atoms with Crippen molar-refractivity contribution in [3.8, 4) is 0 Å². The van der Waals surface area contributed by atoms with Gasteiger partial charge in [-0.15, -0.1) is 0 Å². The Morgan fingerprint density at radius 1 is 1.19 bits per heavy atom. The van der Waals surface area contributed by atoms with Gasteiger partial charge in [0, 0.05) is 10.7 Å². The number of halogens is 4. The fraction of sp³-hybridized carbons (Fsp3) is 0.188. The van der Waals surface area contributed by atoms with E-state index in [2.05, 4.69) is 15.4 Å². The van der Waals surface area contributed by atoms with Crippen LogP contribution in [0.2, 0.25) is 5.02 Å². The Balaban J connectivity index is 1.89. The van der Waals surface area contributed by atoms with Crippen molar-refractivity contribution < 1.29 is 26.4 Å². The Hall–Kier alpha value is -2.30. The van der Waals surface area contributed by atoms with E-state index in [-0.39, 0.29) is 10.6 Å². The van der Waals surface area contributed by atoms with Gasteiger partial charge in [0.1, 0.15) is 4.90 Å². The van der Waals surface area contributed by atoms with Crippen LogP contribution in [-0.2, 0) is 21.0 Å². The minimum atomic E-state index is -4.65. The van der Waals surface area contributed by atoms with Crippen molar-refractivity contribution in [1.29, 1.82) is 0 Å². The lowest BCUT2D eigenvalue weighted by molar-refractivity contribution is -0.137. The maximum Gasteiger partial charge on any atom is 0.416 e. The van der Waals surface area contributed by atoms with Gasteiger partial charge in [-0.05, 0) is 42.8 Å². The molecule has 0 unspecified atom stereocenters. The first-order valence-corrected chi connectivity index (χ1v) is 9.40. The van der Waals surface area contributed by atoms with Crippen LogP contribution in [0, 0.1) is 6.92 Å². The summed E-state index contributed by atoms with van der Waals surface area (Å²) in [4.78, 5) is 12.0. The third-order valence-corrected chi connectivity index (χ3v) is 5.76. The van der Waals surface area contributed by atoms with Gasteiger partial charge in [-0.2, -0.15) is 17.9 Å². The number of carbonyl (C=O) groups excluding carboxylic acids is 1. The molecular weight excluding hydrogens is 407 g/mol. The molecule has 1 atom stereocenters. The minimum Gasteiger partial charge on any atom is -0.360 e. The fourth-order valence-corrected chi connectivity index (χ4v) is 3.90. The maximum atomic E-state index is 12.9. The van der Waals surface area contributed by atoms with E-state index in [9.17, 15) is 26.4 Å². The topological polar surface area (TPSA) is 87.3 Å². The highest BCUT2D eigenvalue weighted by atomic mass is 35.5. The van der Waals surface area contributed by atoms with Crippen LogP contribution in [-0.4, -0.2) is 20.5 Å². The molecule has 0 radical (unpaired) electrons. The molecule has 0 bridgehead atoms. The minimum absolute atomic E-state index is 0.312. The molecule has 27 heavy (non-hydrogen) atoms. The lowest BCUT2D eigenvalue weighted by atomic mass is 10.2. The molecule has 144 valence electrons. The second-order valence-electron chi connectivity index (χ2n) is 5.86. The van der Waals surface area contributed by atoms with Crippen LogP contribution in [0.25, 0.3) is 0 Å². The Morgan fingerprint density at radius 3 is 2.52 bits per heavy atom. The van der Waals surface area contributed by atoms with Crippen molar-refractivity contribution in [3.63, 3.8) is 0 Å². The van der Waals surface area contributed by atoms with Crippen LogP contribution >= 0.6 is 11.6 Å². The zero-order valence-electron chi connectivity index (χ0n) is 13.7. The summed E-state index contributed by atoms with van der Waals surface area (Å²) in [6.45, 7) is 1.76. The highest BCUT2D eigenvalue weighted by Crippen LogP contribution is 2.35. The molecule has 1 aliphatic rings. The molecule has 2 aromatic rings. The summed E-state index contributed by atoms with van der Waals surface area (Å²) in [6, 6.07) is 6.84. The molecule has 0 saturated carbocycles. The number of fused-ring (bicyclic) bond motifs is 1. The van der Waals surface area contributed by atoms with Gasteiger partial charge in [0.05, 0.1) is 11.3 Å². The van der Waals surface area contributed by atoms with Gasteiger partial charge in [-0.1, -0.05) is 17.7 Å². The Labute approximate surface area is 157 Å². The van der Waals surface area contributed by atoms with E-state index >= 15 is 0 Å². The quantitative estimate of drug-likeness (QED) is 0.696. The molecule has 1 aliphatic heterocycles. The number of carbonyl (C=O) groups is 1. The fourth-order valence-electron chi connectivity index (χ4n) is 2.46. The predicted molar refractivity (Wildman–Crippen MR) is 94.0 cm³/mol. The third-order valence-electron chi connectivity index (χ3n) is 3.87. The van der Waals surface area contributed by atoms with Crippen LogP contribution in [0.5, 0.6) is 0 Å². The zero-order chi connectivity index (χ0) is 20.0. The van der Waals surface area contributed by atoms with Gasteiger partial charge in [-0.25, -0.2) is 8.42 Å². The number of benzene rings is 2. The van der Waals surface area contributed by atoms with Gasteiger partial charge in [-0.3, -0.25) is 4.79 Å². The Kier molecular flexibility index (Phi) is 4.83. The average molecular weight is 420 g/mol. The molecule has 1 heterocycles. The summed E-state index contributed by atoms with van der Waals surface area (Å²) in [5.41, 5.74) is -0.257. The highest BCUT2D eigenvalue weighted by Gasteiger charge is 2.37. The van der Waals surface area contributed by atoms with Gasteiger partial charge in [0.15, 0.2) is 6.17 Å². The van der Waals surface area contributed by atoms with Crippen LogP contribution < -0.4 is 15.4 Å². The summed E-state index contributed by atoms with van der Waals surface area (Å²) in [5, 5.41) is 5.33. The van der Waals surface area contributed by atoms with E-state index in [0.717, 1.165) is 11.6 Å². The predicted octanol–water partition coefficient (Wildman–Crippen LogP) is 3.34. The molecule has 2 aromatic carbocycles. The van der Waals surface area contributed by atoms with Crippen LogP contribution in [0.4, 0.5) is 24.5 Å². The van der Waals surface area contributed by atoms with E-state index < -0.39 is 33.8 Å². The van der Waals surface area contributed by atoms with Crippen LogP contribution in [0.15, 0.2) is 41.3 Å². The van der Waals surface area contributed by atoms with Crippen molar-refractivity contribution >= 4 is 38.9 Å². The lowest BCUT2D eigenvalue weighted by Gasteiger charge is -2.27. The lowest BCUT2D eigenvalue weighted by Crippen LogP contribution is -2.51. The van der Waals surface area contributed by atoms with Crippen molar-refractivity contribution in [2.75, 3.05) is 10.6 Å². The molecule has 0 saturated heterocycles. The highest BCUT2D eigenvalue weighted by molar-refractivity contribution is 7.89. The van der Waals surface area contributed by atoms with E-state index in [0.29, 0.717) is 22.8 Å². The van der Waals surface area contributed by atoms with Gasteiger partial charge in [0.25, 0.3) is 5.91 Å². The summed E-state index contributed by atoms with van der Waals surface area (Å²) in [7, 11) is -4.17. The van der Waals surface area contributed by atoms with E-state index in [1.54, 1.807) is 19.1 Å². The average Bonchev–Trinajstić information content (AvgIpc) is 2.56. The Bertz CT molecular complexity index is 1030. The molecule has 6 nitrogen and oxygen atoms in total. The smallest absolute Gasteiger partial charge is 0.360 e. The molecule has 11 heteroatoms. The zero-order valence-corrected chi connectivity index (χ0v) is 15.3. The second kappa shape index (κ2) is 6.70. The van der Waals surface area contributed by atoms with Gasteiger partial charge in [0.2, 0.25) is 10.0 Å². The number of hydrogen-bond acceptors (Lipinski definition) is 4. The molecule has 0 aromatic heterocycles. The number of alkyl halides is 3. The monoisotopic (exact) mass is 419 g/mol. The first-order valence-electron chi connectivity index (χ1n) is 7.54. The number of nitrogens with one attached hydrogen (secondary N) is 3. The summed E-state index contributed by atoms with van der Waals surface area (Å²) >= 11 is 5.97. The third kappa shape index (κ3) is 4.02. The van der Waals surface area contributed by atoms with E-state index in [1.807, 2.05) is 0 Å². The number of anilines is 2. The van der Waals surface area contributed by atoms with Crippen LogP contribution in [0.1, 0.15) is 11.1 Å². The number of rotatable bonds is 2. The van der Waals surface area contributed by atoms with Crippen molar-refractivity contribution in [2.45, 2.75) is 24.2 Å². The maximum absolute atomic E-state index is 12.9. The van der Waals surface area contributed by atoms with E-state index in [4.69, 9.17) is 11.6 Å². The molecule has 0 fully saturated rings. The number of amides is 1. The van der Waals surface area contributed by atoms with Gasteiger partial charge >= 0.3 is 6.18 Å². The first kappa shape index (κ1) is 19.5. The summed E-state index contributed by atoms with van der Waals surface area (Å²) in [5.74, 6) is -0.804. The molecule has 3 rings (SSSR count). The molecular formula is C16H13ClF3N3O3S. The SMILES string of the molecule is Cc1ccc(NC(=O)[C@@H]2Nc3cc(C(F)(F)F)ccc3S(=O)(=O)N2)cc1Cl. The van der Waals surface area contributed by atoms with Crippen LogP contribution in [0.3, 0.4) is 0 Å². The van der Waals surface area contributed by atoms with Crippen molar-refractivity contribution in [2.24, 2.45) is 0 Å². The first-order chi connectivity index (χ1) is 12.5. The van der Waals surface area contributed by atoms with Crippen molar-refractivity contribution in [3.05, 3.63) is 52.5 Å². The number of aryl methyl sites for hydroxylation is 1. The van der Waals surface area contributed by atoms with Gasteiger partial charge < -0.3 is 10.6 Å². The molecule has 3 N–H and O–H groups in total.